The molecule has 0 amide bonds. The third-order valence-electron chi connectivity index (χ3n) is 8.02. The van der Waals surface area contributed by atoms with Crippen molar-refractivity contribution in [1.29, 1.82) is 5.26 Å². The highest BCUT2D eigenvalue weighted by Crippen LogP contribution is 2.27. The van der Waals surface area contributed by atoms with Crippen LogP contribution in [0.15, 0.2) is 49.2 Å². The molecule has 2 saturated heterocycles. The molecular formula is C30H35FN8O. The van der Waals surface area contributed by atoms with Gasteiger partial charge in [-0.05, 0) is 62.5 Å². The van der Waals surface area contributed by atoms with Crippen molar-refractivity contribution in [3.8, 4) is 23.1 Å². The van der Waals surface area contributed by atoms with Crippen molar-refractivity contribution in [3.63, 3.8) is 0 Å². The van der Waals surface area contributed by atoms with Gasteiger partial charge in [-0.25, -0.2) is 14.4 Å². The lowest BCUT2D eigenvalue weighted by atomic mass is 10.1. The summed E-state index contributed by atoms with van der Waals surface area (Å²) in [4.78, 5) is 16.6. The Balaban J connectivity index is 1.05. The molecule has 40 heavy (non-hydrogen) atoms. The van der Waals surface area contributed by atoms with Crippen LogP contribution in [-0.2, 0) is 6.54 Å². The van der Waals surface area contributed by atoms with E-state index in [1.807, 2.05) is 29.2 Å². The first kappa shape index (κ1) is 26.4. The van der Waals surface area contributed by atoms with Gasteiger partial charge in [0.15, 0.2) is 0 Å². The number of rotatable bonds is 9. The standard InChI is InChI=1S/C30H35FN8O/c31-24-14-22(18-37-10-2-1-3-11-37)15-27(16-24)40-26-6-12-38(13-7-26)20-25(4-8-32)39-19-23(17-36-39)29-28-5-9-33-30(28)35-21-34-29/h5,9,14-17,19,21,25-26H,1-4,6-7,10-13,18,20H2,(H,33,34,35). The molecule has 4 aromatic rings. The van der Waals surface area contributed by atoms with Gasteiger partial charge < -0.3 is 14.6 Å². The molecule has 9 nitrogen and oxygen atoms in total. The van der Waals surface area contributed by atoms with E-state index in [0.29, 0.717) is 12.2 Å². The third kappa shape index (κ3) is 6.16. The Morgan fingerprint density at radius 1 is 1.07 bits per heavy atom. The van der Waals surface area contributed by atoms with E-state index in [9.17, 15) is 9.65 Å². The lowest BCUT2D eigenvalue weighted by Gasteiger charge is -2.34. The lowest BCUT2D eigenvalue weighted by molar-refractivity contribution is 0.0908. The zero-order chi connectivity index (χ0) is 27.3. The molecule has 2 aliphatic heterocycles. The molecule has 0 saturated carbocycles. The predicted molar refractivity (Wildman–Crippen MR) is 150 cm³/mol. The van der Waals surface area contributed by atoms with E-state index in [0.717, 1.165) is 80.0 Å². The molecule has 1 aromatic carbocycles. The van der Waals surface area contributed by atoms with Gasteiger partial charge in [-0.1, -0.05) is 6.42 Å². The van der Waals surface area contributed by atoms with Gasteiger partial charge in [-0.2, -0.15) is 10.4 Å². The normalized spacial score (nSPS) is 18.1. The van der Waals surface area contributed by atoms with Crippen LogP contribution in [0.2, 0.25) is 0 Å². The number of likely N-dealkylation sites (tertiary alicyclic amines) is 2. The van der Waals surface area contributed by atoms with Crippen LogP contribution < -0.4 is 4.74 Å². The monoisotopic (exact) mass is 542 g/mol. The number of benzene rings is 1. The van der Waals surface area contributed by atoms with Crippen molar-refractivity contribution in [2.24, 2.45) is 0 Å². The molecule has 6 rings (SSSR count). The van der Waals surface area contributed by atoms with Crippen LogP contribution in [0, 0.1) is 17.1 Å². The number of hydrogen-bond donors (Lipinski definition) is 1. The maximum atomic E-state index is 14.4. The fourth-order valence-corrected chi connectivity index (χ4v) is 5.97. The molecule has 0 radical (unpaired) electrons. The number of fused-ring (bicyclic) bond motifs is 1. The van der Waals surface area contributed by atoms with Crippen LogP contribution >= 0.6 is 0 Å². The first-order valence-corrected chi connectivity index (χ1v) is 14.2. The Morgan fingerprint density at radius 3 is 2.75 bits per heavy atom. The summed E-state index contributed by atoms with van der Waals surface area (Å²) in [7, 11) is 0. The van der Waals surface area contributed by atoms with Gasteiger partial charge in [0.2, 0.25) is 0 Å². The van der Waals surface area contributed by atoms with Crippen LogP contribution in [-0.4, -0.2) is 73.4 Å². The summed E-state index contributed by atoms with van der Waals surface area (Å²) >= 11 is 0. The van der Waals surface area contributed by atoms with E-state index in [1.54, 1.807) is 18.6 Å². The summed E-state index contributed by atoms with van der Waals surface area (Å²) in [5.74, 6) is 0.386. The van der Waals surface area contributed by atoms with E-state index >= 15 is 0 Å². The Morgan fingerprint density at radius 2 is 1.93 bits per heavy atom. The van der Waals surface area contributed by atoms with E-state index in [1.165, 1.54) is 25.3 Å². The summed E-state index contributed by atoms with van der Waals surface area (Å²) in [6.07, 6.45) is 13.0. The minimum atomic E-state index is -0.237. The van der Waals surface area contributed by atoms with Gasteiger partial charge in [0.1, 0.15) is 29.6 Å². The molecule has 208 valence electrons. The third-order valence-corrected chi connectivity index (χ3v) is 8.02. The Kier molecular flexibility index (Phi) is 8.02. The van der Waals surface area contributed by atoms with Gasteiger partial charge in [-0.3, -0.25) is 9.58 Å². The molecule has 1 atom stereocenters. The average molecular weight is 543 g/mol. The first-order chi connectivity index (χ1) is 19.6. The van der Waals surface area contributed by atoms with Crippen LogP contribution in [0.3, 0.4) is 0 Å². The molecule has 2 aliphatic rings. The van der Waals surface area contributed by atoms with E-state index in [2.05, 4.69) is 35.9 Å². The van der Waals surface area contributed by atoms with E-state index in [-0.39, 0.29) is 18.0 Å². The molecule has 3 aromatic heterocycles. The summed E-state index contributed by atoms with van der Waals surface area (Å²) in [6.45, 7) is 5.36. The largest absolute Gasteiger partial charge is 0.490 e. The fraction of sp³-hybridized carbons (Fsp3) is 0.467. The first-order valence-electron chi connectivity index (χ1n) is 14.2. The van der Waals surface area contributed by atoms with Crippen molar-refractivity contribution in [1.82, 2.24) is 34.5 Å². The molecule has 5 heterocycles. The summed E-state index contributed by atoms with van der Waals surface area (Å²) in [5.41, 5.74) is 3.48. The highest BCUT2D eigenvalue weighted by molar-refractivity contribution is 5.89. The van der Waals surface area contributed by atoms with Gasteiger partial charge in [0.05, 0.1) is 30.4 Å². The number of hydrogen-bond acceptors (Lipinski definition) is 7. The molecule has 0 bridgehead atoms. The number of H-pyrrole nitrogens is 1. The van der Waals surface area contributed by atoms with Crippen molar-refractivity contribution >= 4 is 11.0 Å². The highest BCUT2D eigenvalue weighted by atomic mass is 19.1. The van der Waals surface area contributed by atoms with E-state index < -0.39 is 0 Å². The molecule has 2 fully saturated rings. The quantitative estimate of drug-likeness (QED) is 0.320. The molecule has 1 N–H and O–H groups in total. The van der Waals surface area contributed by atoms with Crippen LogP contribution in [0.4, 0.5) is 4.39 Å². The second-order valence-corrected chi connectivity index (χ2v) is 10.9. The zero-order valence-corrected chi connectivity index (χ0v) is 22.7. The Hall–Kier alpha value is -3.81. The maximum Gasteiger partial charge on any atom is 0.141 e. The number of aromatic nitrogens is 5. The van der Waals surface area contributed by atoms with Crippen molar-refractivity contribution in [3.05, 3.63) is 60.6 Å². The SMILES string of the molecule is N#CCC(CN1CCC(Oc2cc(F)cc(CN3CCCCC3)c2)CC1)n1cc(-c2ncnc3[nH]ccc23)cn1. The number of ether oxygens (including phenoxy) is 1. The fourth-order valence-electron chi connectivity index (χ4n) is 5.97. The summed E-state index contributed by atoms with van der Waals surface area (Å²) in [6, 6.07) is 9.35. The van der Waals surface area contributed by atoms with Crippen molar-refractivity contribution in [2.75, 3.05) is 32.7 Å². The minimum absolute atomic E-state index is 0.0492. The molecule has 0 spiro atoms. The van der Waals surface area contributed by atoms with Gasteiger partial charge in [-0.15, -0.1) is 0 Å². The molecule has 10 heteroatoms. The van der Waals surface area contributed by atoms with Crippen molar-refractivity contribution < 1.29 is 9.13 Å². The summed E-state index contributed by atoms with van der Waals surface area (Å²) < 4.78 is 22.5. The number of piperidine rings is 2. The predicted octanol–water partition coefficient (Wildman–Crippen LogP) is 4.94. The van der Waals surface area contributed by atoms with Crippen LogP contribution in [0.5, 0.6) is 5.75 Å². The Labute approximate surface area is 233 Å². The Bertz CT molecular complexity index is 1460. The second kappa shape index (κ2) is 12.1. The number of halogens is 1. The molecule has 1 unspecified atom stereocenters. The van der Waals surface area contributed by atoms with Crippen LogP contribution in [0.1, 0.15) is 50.1 Å². The van der Waals surface area contributed by atoms with Gasteiger partial charge in [0, 0.05) is 55.6 Å². The van der Waals surface area contributed by atoms with Gasteiger partial charge >= 0.3 is 0 Å². The molecular weight excluding hydrogens is 507 g/mol. The minimum Gasteiger partial charge on any atom is -0.490 e. The second-order valence-electron chi connectivity index (χ2n) is 10.9. The highest BCUT2D eigenvalue weighted by Gasteiger charge is 2.25. The average Bonchev–Trinajstić information content (AvgIpc) is 3.64. The van der Waals surface area contributed by atoms with Gasteiger partial charge in [0.25, 0.3) is 0 Å². The molecule has 0 aliphatic carbocycles. The lowest BCUT2D eigenvalue weighted by Crippen LogP contribution is -2.41. The smallest absolute Gasteiger partial charge is 0.141 e. The van der Waals surface area contributed by atoms with E-state index in [4.69, 9.17) is 4.74 Å². The number of nitrogens with zero attached hydrogens (tertiary/aromatic N) is 7. The number of aromatic amines is 1. The number of nitrogens with one attached hydrogen (secondary N) is 1. The van der Waals surface area contributed by atoms with Crippen molar-refractivity contribution in [2.45, 2.75) is 57.2 Å². The zero-order valence-electron chi connectivity index (χ0n) is 22.7. The number of nitriles is 1. The topological polar surface area (TPSA) is 98.9 Å². The summed E-state index contributed by atoms with van der Waals surface area (Å²) in [5, 5.41) is 15.1. The van der Waals surface area contributed by atoms with Crippen LogP contribution in [0.25, 0.3) is 22.3 Å². The maximum absolute atomic E-state index is 14.4.